The quantitative estimate of drug-likeness (QED) is 0.697. The monoisotopic (exact) mass is 369 g/mol. The maximum atomic E-state index is 12.4. The van der Waals surface area contributed by atoms with Crippen LogP contribution in [0, 0.1) is 0 Å². The average molecular weight is 370 g/mol. The summed E-state index contributed by atoms with van der Waals surface area (Å²) in [5.74, 6) is 1.48. The molecule has 1 aliphatic rings. The molecule has 0 saturated carbocycles. The molecule has 3 aromatic rings. The lowest BCUT2D eigenvalue weighted by molar-refractivity contribution is -0.117. The third-order valence-electron chi connectivity index (χ3n) is 4.41. The normalized spacial score (nSPS) is 16.9. The number of methoxy groups -OCH3 is 1. The van der Waals surface area contributed by atoms with Gasteiger partial charge in [0.15, 0.2) is 5.82 Å². The summed E-state index contributed by atoms with van der Waals surface area (Å²) in [6.07, 6.45) is 0.341. The number of para-hydroxylation sites is 1. The molecule has 2 heterocycles. The van der Waals surface area contributed by atoms with Crippen LogP contribution in [0.3, 0.4) is 0 Å². The topological polar surface area (TPSA) is 68.5 Å². The van der Waals surface area contributed by atoms with Crippen LogP contribution in [0.4, 0.5) is 5.69 Å². The first kappa shape index (κ1) is 16.6. The minimum Gasteiger partial charge on any atom is -0.496 e. The van der Waals surface area contributed by atoms with Gasteiger partial charge in [0, 0.05) is 29.6 Å². The lowest BCUT2D eigenvalue weighted by Gasteiger charge is -2.16. The molecule has 0 spiro atoms. The minimum atomic E-state index is -0.120. The van der Waals surface area contributed by atoms with Crippen molar-refractivity contribution in [3.05, 3.63) is 59.4 Å². The van der Waals surface area contributed by atoms with Gasteiger partial charge in [-0.25, -0.2) is 0 Å². The Morgan fingerprint density at radius 3 is 2.73 bits per heavy atom. The first-order chi connectivity index (χ1) is 12.7. The summed E-state index contributed by atoms with van der Waals surface area (Å²) in [5.41, 5.74) is 1.54. The molecule has 1 amide bonds. The Bertz CT molecular complexity index is 939. The van der Waals surface area contributed by atoms with Gasteiger partial charge in [-0.1, -0.05) is 28.9 Å². The summed E-state index contributed by atoms with van der Waals surface area (Å²) in [5, 5.41) is 4.72. The molecule has 6 nitrogen and oxygen atoms in total. The van der Waals surface area contributed by atoms with Crippen molar-refractivity contribution in [2.24, 2.45) is 0 Å². The van der Waals surface area contributed by atoms with E-state index in [1.54, 1.807) is 24.1 Å². The number of ether oxygens (including phenoxy) is 1. The van der Waals surface area contributed by atoms with Crippen molar-refractivity contribution < 1.29 is 14.1 Å². The zero-order valence-corrected chi connectivity index (χ0v) is 14.8. The number of hydrogen-bond acceptors (Lipinski definition) is 5. The van der Waals surface area contributed by atoms with Gasteiger partial charge in [-0.15, -0.1) is 0 Å². The molecule has 0 unspecified atom stereocenters. The highest BCUT2D eigenvalue weighted by Crippen LogP contribution is 2.33. The van der Waals surface area contributed by atoms with Crippen molar-refractivity contribution in [1.82, 2.24) is 10.1 Å². The largest absolute Gasteiger partial charge is 0.496 e. The van der Waals surface area contributed by atoms with Gasteiger partial charge in [-0.3, -0.25) is 4.79 Å². The van der Waals surface area contributed by atoms with Gasteiger partial charge in [0.1, 0.15) is 5.75 Å². The third kappa shape index (κ3) is 3.04. The predicted molar refractivity (Wildman–Crippen MR) is 97.4 cm³/mol. The Kier molecular flexibility index (Phi) is 4.34. The second-order valence-corrected chi connectivity index (χ2v) is 6.48. The number of carbonyl (C=O) groups is 1. The molecule has 1 fully saturated rings. The Morgan fingerprint density at radius 2 is 1.96 bits per heavy atom. The van der Waals surface area contributed by atoms with Gasteiger partial charge in [0.05, 0.1) is 12.7 Å². The van der Waals surface area contributed by atoms with Crippen LogP contribution in [0.2, 0.25) is 5.02 Å². The molecule has 0 radical (unpaired) electrons. The standard InChI is InChI=1S/C19H16ClN3O3/c1-25-16-5-3-2-4-15(16)19-21-18(22-26-19)12-10-17(24)23(11-12)14-8-6-13(20)7-9-14/h2-9,12H,10-11H2,1H3/t12-/m0/s1. The molecule has 0 bridgehead atoms. The van der Waals surface area contributed by atoms with Crippen LogP contribution in [0.25, 0.3) is 11.5 Å². The van der Waals surface area contributed by atoms with E-state index in [2.05, 4.69) is 10.1 Å². The summed E-state index contributed by atoms with van der Waals surface area (Å²) in [7, 11) is 1.59. The molecule has 7 heteroatoms. The fraction of sp³-hybridized carbons (Fsp3) is 0.211. The van der Waals surface area contributed by atoms with Crippen molar-refractivity contribution in [2.45, 2.75) is 12.3 Å². The highest BCUT2D eigenvalue weighted by Gasteiger charge is 2.34. The number of hydrogen-bond donors (Lipinski definition) is 0. The average Bonchev–Trinajstić information content (AvgIpc) is 3.29. The van der Waals surface area contributed by atoms with E-state index in [0.717, 1.165) is 11.3 Å². The van der Waals surface area contributed by atoms with Crippen LogP contribution in [-0.2, 0) is 4.79 Å². The fourth-order valence-electron chi connectivity index (χ4n) is 3.08. The summed E-state index contributed by atoms with van der Waals surface area (Å²) in [4.78, 5) is 18.6. The third-order valence-corrected chi connectivity index (χ3v) is 4.66. The Morgan fingerprint density at radius 1 is 1.19 bits per heavy atom. The molecule has 1 atom stereocenters. The maximum Gasteiger partial charge on any atom is 0.261 e. The van der Waals surface area contributed by atoms with E-state index in [1.807, 2.05) is 36.4 Å². The molecule has 1 aromatic heterocycles. The second-order valence-electron chi connectivity index (χ2n) is 6.04. The molecule has 26 heavy (non-hydrogen) atoms. The molecular formula is C19H16ClN3O3. The highest BCUT2D eigenvalue weighted by atomic mass is 35.5. The van der Waals surface area contributed by atoms with Crippen LogP contribution in [0.5, 0.6) is 5.75 Å². The molecule has 0 N–H and O–H groups in total. The van der Waals surface area contributed by atoms with Crippen molar-refractivity contribution in [2.75, 3.05) is 18.6 Å². The van der Waals surface area contributed by atoms with E-state index in [-0.39, 0.29) is 11.8 Å². The van der Waals surface area contributed by atoms with E-state index in [4.69, 9.17) is 20.9 Å². The zero-order chi connectivity index (χ0) is 18.1. The Hall–Kier alpha value is -2.86. The number of anilines is 1. The Labute approximate surface area is 155 Å². The number of benzene rings is 2. The number of carbonyl (C=O) groups excluding carboxylic acids is 1. The van der Waals surface area contributed by atoms with E-state index in [1.165, 1.54) is 0 Å². The lowest BCUT2D eigenvalue weighted by Crippen LogP contribution is -2.24. The van der Waals surface area contributed by atoms with Crippen LogP contribution < -0.4 is 9.64 Å². The second kappa shape index (κ2) is 6.80. The molecular weight excluding hydrogens is 354 g/mol. The molecule has 132 valence electrons. The zero-order valence-electron chi connectivity index (χ0n) is 14.1. The number of amides is 1. The van der Waals surface area contributed by atoms with Crippen LogP contribution in [0.1, 0.15) is 18.2 Å². The van der Waals surface area contributed by atoms with E-state index < -0.39 is 0 Å². The van der Waals surface area contributed by atoms with Crippen LogP contribution >= 0.6 is 11.6 Å². The van der Waals surface area contributed by atoms with Gasteiger partial charge >= 0.3 is 0 Å². The Balaban J connectivity index is 1.57. The van der Waals surface area contributed by atoms with Crippen molar-refractivity contribution in [3.8, 4) is 17.2 Å². The van der Waals surface area contributed by atoms with Crippen LogP contribution in [0.15, 0.2) is 53.1 Å². The minimum absolute atomic E-state index is 0.0287. The van der Waals surface area contributed by atoms with Gasteiger partial charge in [-0.2, -0.15) is 4.98 Å². The molecule has 1 saturated heterocycles. The molecule has 2 aromatic carbocycles. The van der Waals surface area contributed by atoms with Crippen LogP contribution in [-0.4, -0.2) is 29.7 Å². The van der Waals surface area contributed by atoms with E-state index in [0.29, 0.717) is 35.5 Å². The summed E-state index contributed by atoms with van der Waals surface area (Å²) >= 11 is 5.92. The van der Waals surface area contributed by atoms with Crippen molar-refractivity contribution in [1.29, 1.82) is 0 Å². The van der Waals surface area contributed by atoms with Gasteiger partial charge < -0.3 is 14.2 Å². The SMILES string of the molecule is COc1ccccc1-c1nc([C@H]2CC(=O)N(c3ccc(Cl)cc3)C2)no1. The predicted octanol–water partition coefficient (Wildman–Crippen LogP) is 3.92. The number of nitrogens with zero attached hydrogens (tertiary/aromatic N) is 3. The highest BCUT2D eigenvalue weighted by molar-refractivity contribution is 6.30. The maximum absolute atomic E-state index is 12.4. The van der Waals surface area contributed by atoms with Gasteiger partial charge in [0.25, 0.3) is 5.89 Å². The smallest absolute Gasteiger partial charge is 0.261 e. The van der Waals surface area contributed by atoms with Gasteiger partial charge in [-0.05, 0) is 36.4 Å². The van der Waals surface area contributed by atoms with E-state index >= 15 is 0 Å². The lowest BCUT2D eigenvalue weighted by atomic mass is 10.1. The molecule has 4 rings (SSSR count). The molecule has 0 aliphatic carbocycles. The summed E-state index contributed by atoms with van der Waals surface area (Å²) in [6, 6.07) is 14.6. The van der Waals surface area contributed by atoms with E-state index in [9.17, 15) is 4.79 Å². The number of halogens is 1. The first-order valence-corrected chi connectivity index (χ1v) is 8.56. The first-order valence-electron chi connectivity index (χ1n) is 8.18. The number of aromatic nitrogens is 2. The summed E-state index contributed by atoms with van der Waals surface area (Å²) < 4.78 is 10.7. The molecule has 1 aliphatic heterocycles. The van der Waals surface area contributed by atoms with Crippen molar-refractivity contribution >= 4 is 23.2 Å². The number of rotatable bonds is 4. The fourth-order valence-corrected chi connectivity index (χ4v) is 3.21. The van der Waals surface area contributed by atoms with Gasteiger partial charge in [0.2, 0.25) is 5.91 Å². The summed E-state index contributed by atoms with van der Waals surface area (Å²) in [6.45, 7) is 0.505. The van der Waals surface area contributed by atoms with Crippen molar-refractivity contribution in [3.63, 3.8) is 0 Å².